The number of hydrogen-bond donors (Lipinski definition) is 1. The molecular formula is C23H20ClN5O2S. The molecule has 0 bridgehead atoms. The van der Waals surface area contributed by atoms with E-state index in [0.29, 0.717) is 27.5 Å². The van der Waals surface area contributed by atoms with Gasteiger partial charge in [0, 0.05) is 30.5 Å². The number of thiophene rings is 1. The van der Waals surface area contributed by atoms with E-state index in [0.717, 1.165) is 27.4 Å². The zero-order valence-electron chi connectivity index (χ0n) is 17.5. The number of anilines is 1. The van der Waals surface area contributed by atoms with E-state index in [9.17, 15) is 9.90 Å². The molecule has 5 aromatic rings. The highest BCUT2D eigenvalue weighted by molar-refractivity contribution is 7.22. The number of halogens is 1. The zero-order valence-corrected chi connectivity index (χ0v) is 19.1. The third-order valence-corrected chi connectivity index (χ3v) is 6.69. The van der Waals surface area contributed by atoms with Crippen LogP contribution in [0.15, 0.2) is 59.7 Å². The molecule has 162 valence electrons. The van der Waals surface area contributed by atoms with Crippen molar-refractivity contribution in [1.29, 1.82) is 0 Å². The minimum atomic E-state index is -0.124. The van der Waals surface area contributed by atoms with Crippen molar-refractivity contribution in [2.75, 3.05) is 25.6 Å². The van der Waals surface area contributed by atoms with E-state index in [-0.39, 0.29) is 12.2 Å². The fraction of sp³-hybridized carbons (Fsp3) is 0.174. The highest BCUT2D eigenvalue weighted by Crippen LogP contribution is 2.32. The third kappa shape index (κ3) is 3.46. The molecule has 9 heteroatoms. The predicted molar refractivity (Wildman–Crippen MR) is 130 cm³/mol. The molecule has 2 aromatic carbocycles. The average molecular weight is 466 g/mol. The van der Waals surface area contributed by atoms with E-state index in [4.69, 9.17) is 11.6 Å². The Kier molecular flexibility index (Phi) is 5.21. The molecule has 0 aliphatic rings. The number of aliphatic hydroxyl groups excluding tert-OH is 1. The summed E-state index contributed by atoms with van der Waals surface area (Å²) >= 11 is 7.42. The van der Waals surface area contributed by atoms with Gasteiger partial charge >= 0.3 is 0 Å². The minimum Gasteiger partial charge on any atom is -0.395 e. The Hall–Kier alpha value is -3.20. The molecule has 1 N–H and O–H groups in total. The van der Waals surface area contributed by atoms with Gasteiger partial charge in [0.1, 0.15) is 11.0 Å². The van der Waals surface area contributed by atoms with Gasteiger partial charge in [-0.05, 0) is 42.0 Å². The summed E-state index contributed by atoms with van der Waals surface area (Å²) in [5, 5.41) is 10.2. The van der Waals surface area contributed by atoms with Gasteiger partial charge in [-0.3, -0.25) is 9.36 Å². The Morgan fingerprint density at radius 1 is 1.09 bits per heavy atom. The molecule has 0 aliphatic carbocycles. The number of hydrogen-bond acceptors (Lipinski definition) is 6. The fourth-order valence-electron chi connectivity index (χ4n) is 3.76. The van der Waals surface area contributed by atoms with Crippen LogP contribution in [-0.4, -0.2) is 44.9 Å². The van der Waals surface area contributed by atoms with Gasteiger partial charge in [-0.15, -0.1) is 11.3 Å². The van der Waals surface area contributed by atoms with Gasteiger partial charge in [0.05, 0.1) is 28.8 Å². The Balaban J connectivity index is 1.64. The van der Waals surface area contributed by atoms with Crippen molar-refractivity contribution in [2.24, 2.45) is 0 Å². The van der Waals surface area contributed by atoms with Crippen LogP contribution in [0.2, 0.25) is 5.02 Å². The van der Waals surface area contributed by atoms with Gasteiger partial charge in [-0.25, -0.2) is 9.97 Å². The first-order chi connectivity index (χ1) is 15.5. The summed E-state index contributed by atoms with van der Waals surface area (Å²) in [5.41, 5.74) is 3.88. The van der Waals surface area contributed by atoms with E-state index in [1.807, 2.05) is 72.1 Å². The number of nitrogens with zero attached hydrogens (tertiary/aromatic N) is 5. The van der Waals surface area contributed by atoms with Gasteiger partial charge in [-0.1, -0.05) is 23.7 Å². The molecule has 0 unspecified atom stereocenters. The van der Waals surface area contributed by atoms with Crippen molar-refractivity contribution in [2.45, 2.75) is 6.54 Å². The van der Waals surface area contributed by atoms with Gasteiger partial charge in [0.15, 0.2) is 0 Å². The number of benzene rings is 2. The SMILES string of the molecule is CN(C)c1nc2ccc(-n3cnc4cc(-c5ccc(Cl)cc5)sc4c3=O)cc2n1CCO. The van der Waals surface area contributed by atoms with Crippen molar-refractivity contribution in [3.63, 3.8) is 0 Å². The summed E-state index contributed by atoms with van der Waals surface area (Å²) in [6.45, 7) is 0.404. The van der Waals surface area contributed by atoms with Crippen LogP contribution in [0.3, 0.4) is 0 Å². The molecule has 0 saturated heterocycles. The standard InChI is InChI=1S/C23H20ClN5O2S/c1-27(2)23-26-17-8-7-16(11-19(17)28(23)9-10-30)29-13-25-18-12-20(32-21(18)22(29)31)14-3-5-15(24)6-4-14/h3-8,11-13,30H,9-10H2,1-2H3. The molecule has 0 amide bonds. The summed E-state index contributed by atoms with van der Waals surface area (Å²) in [4.78, 5) is 25.4. The molecule has 3 heterocycles. The molecule has 0 saturated carbocycles. The summed E-state index contributed by atoms with van der Waals surface area (Å²) in [7, 11) is 3.82. The summed E-state index contributed by atoms with van der Waals surface area (Å²) in [6, 6.07) is 15.1. The number of rotatable bonds is 5. The molecule has 0 fully saturated rings. The molecule has 7 nitrogen and oxygen atoms in total. The second-order valence-electron chi connectivity index (χ2n) is 7.61. The van der Waals surface area contributed by atoms with E-state index in [2.05, 4.69) is 9.97 Å². The summed E-state index contributed by atoms with van der Waals surface area (Å²) in [5.74, 6) is 0.748. The maximum Gasteiger partial charge on any atom is 0.275 e. The second kappa shape index (κ2) is 8.05. The smallest absolute Gasteiger partial charge is 0.275 e. The maximum absolute atomic E-state index is 13.3. The van der Waals surface area contributed by atoms with Gasteiger partial charge in [0.2, 0.25) is 5.95 Å². The lowest BCUT2D eigenvalue weighted by Gasteiger charge is -2.14. The van der Waals surface area contributed by atoms with Crippen LogP contribution in [0.1, 0.15) is 0 Å². The fourth-order valence-corrected chi connectivity index (χ4v) is 4.93. The van der Waals surface area contributed by atoms with Crippen molar-refractivity contribution in [3.05, 3.63) is 70.2 Å². The molecule has 5 rings (SSSR count). The Morgan fingerprint density at radius 3 is 2.59 bits per heavy atom. The Labute approximate surface area is 192 Å². The number of aromatic nitrogens is 4. The number of imidazole rings is 1. The second-order valence-corrected chi connectivity index (χ2v) is 9.09. The largest absolute Gasteiger partial charge is 0.395 e. The highest BCUT2D eigenvalue weighted by atomic mass is 35.5. The predicted octanol–water partition coefficient (Wildman–Crippen LogP) is 4.18. The summed E-state index contributed by atoms with van der Waals surface area (Å²) < 4.78 is 4.09. The monoisotopic (exact) mass is 465 g/mol. The van der Waals surface area contributed by atoms with Crippen LogP contribution in [0.25, 0.3) is 37.4 Å². The van der Waals surface area contributed by atoms with Crippen molar-refractivity contribution in [3.8, 4) is 16.1 Å². The first kappa shape index (κ1) is 20.7. The van der Waals surface area contributed by atoms with E-state index in [1.165, 1.54) is 11.3 Å². The van der Waals surface area contributed by atoms with Gasteiger partial charge in [0.25, 0.3) is 5.56 Å². The van der Waals surface area contributed by atoms with Crippen LogP contribution >= 0.6 is 22.9 Å². The molecular weight excluding hydrogens is 446 g/mol. The Bertz CT molecular complexity index is 1500. The van der Waals surface area contributed by atoms with Crippen LogP contribution in [0.4, 0.5) is 5.95 Å². The molecule has 0 spiro atoms. The zero-order chi connectivity index (χ0) is 22.4. The molecule has 0 aliphatic heterocycles. The van der Waals surface area contributed by atoms with Crippen LogP contribution in [0, 0.1) is 0 Å². The minimum absolute atomic E-state index is 0.00728. The Morgan fingerprint density at radius 2 is 1.88 bits per heavy atom. The third-order valence-electron chi connectivity index (χ3n) is 5.28. The van der Waals surface area contributed by atoms with Gasteiger partial charge < -0.3 is 14.6 Å². The van der Waals surface area contributed by atoms with Crippen LogP contribution in [-0.2, 0) is 6.54 Å². The lowest BCUT2D eigenvalue weighted by molar-refractivity contribution is 0.278. The topological polar surface area (TPSA) is 76.2 Å². The molecule has 0 radical (unpaired) electrons. The molecule has 3 aromatic heterocycles. The van der Waals surface area contributed by atoms with E-state index < -0.39 is 0 Å². The average Bonchev–Trinajstić information content (AvgIpc) is 3.37. The van der Waals surface area contributed by atoms with E-state index >= 15 is 0 Å². The van der Waals surface area contributed by atoms with Crippen LogP contribution < -0.4 is 10.5 Å². The highest BCUT2D eigenvalue weighted by Gasteiger charge is 2.15. The first-order valence-corrected chi connectivity index (χ1v) is 11.2. The van der Waals surface area contributed by atoms with Crippen LogP contribution in [0.5, 0.6) is 0 Å². The van der Waals surface area contributed by atoms with Crippen molar-refractivity contribution in [1.82, 2.24) is 19.1 Å². The number of fused-ring (bicyclic) bond motifs is 2. The normalized spacial score (nSPS) is 11.5. The first-order valence-electron chi connectivity index (χ1n) is 10.0. The van der Waals surface area contributed by atoms with E-state index in [1.54, 1.807) is 10.9 Å². The number of aliphatic hydroxyl groups is 1. The molecule has 0 atom stereocenters. The maximum atomic E-state index is 13.3. The van der Waals surface area contributed by atoms with Gasteiger partial charge in [-0.2, -0.15) is 0 Å². The quantitative estimate of drug-likeness (QED) is 0.421. The lowest BCUT2D eigenvalue weighted by atomic mass is 10.2. The van der Waals surface area contributed by atoms with Crippen molar-refractivity contribution < 1.29 is 5.11 Å². The molecule has 32 heavy (non-hydrogen) atoms. The van der Waals surface area contributed by atoms with Crippen molar-refractivity contribution >= 4 is 50.1 Å². The lowest BCUT2D eigenvalue weighted by Crippen LogP contribution is -2.18. The summed E-state index contributed by atoms with van der Waals surface area (Å²) in [6.07, 6.45) is 1.56.